The molecule has 36 heavy (non-hydrogen) atoms. The van der Waals surface area contributed by atoms with E-state index < -0.39 is 0 Å². The molecule has 1 spiro atoms. The normalized spacial score (nSPS) is 30.6. The number of nitrogens with one attached hydrogen (secondary N) is 4. The summed E-state index contributed by atoms with van der Waals surface area (Å²) in [5.74, 6) is 0.209. The van der Waals surface area contributed by atoms with Crippen LogP contribution in [-0.4, -0.2) is 57.4 Å². The van der Waals surface area contributed by atoms with Crippen molar-refractivity contribution < 1.29 is 14.3 Å². The summed E-state index contributed by atoms with van der Waals surface area (Å²) in [5.41, 5.74) is 4.08. The Balaban J connectivity index is 1.19. The van der Waals surface area contributed by atoms with Gasteiger partial charge in [0.15, 0.2) is 0 Å². The first-order valence-corrected chi connectivity index (χ1v) is 13.8. The number of cyclic esters (lactones) is 1. The lowest BCUT2D eigenvalue weighted by atomic mass is 9.70. The van der Waals surface area contributed by atoms with Gasteiger partial charge in [0.25, 0.3) is 0 Å². The minimum atomic E-state index is -0.345. The number of thioether (sulfide) groups is 1. The van der Waals surface area contributed by atoms with Crippen LogP contribution in [0, 0.1) is 18.3 Å². The topological polar surface area (TPSA) is 106 Å². The van der Waals surface area contributed by atoms with Crippen LogP contribution in [0.25, 0.3) is 4.91 Å². The second kappa shape index (κ2) is 10.0. The zero-order valence-electron chi connectivity index (χ0n) is 21.6. The van der Waals surface area contributed by atoms with Crippen molar-refractivity contribution in [3.8, 4) is 0 Å². The SMILES string of the molecule is CC1=C(c2[nH][nH][nH]ccc2C)SC(CNC2CCC3(CC2)CC(C)N(C2=CC(=O)OC2)C3=O)=CC1C. The Labute approximate surface area is 216 Å². The van der Waals surface area contributed by atoms with E-state index in [1.165, 1.54) is 27.0 Å². The lowest BCUT2D eigenvalue weighted by molar-refractivity contribution is -0.138. The molecule has 8 nitrogen and oxygen atoms in total. The summed E-state index contributed by atoms with van der Waals surface area (Å²) in [6.45, 7) is 9.72. The number of esters is 1. The summed E-state index contributed by atoms with van der Waals surface area (Å²) in [5, 5.41) is 13.1. The third-order valence-corrected chi connectivity index (χ3v) is 9.54. The van der Waals surface area contributed by atoms with Gasteiger partial charge in [0.2, 0.25) is 5.91 Å². The average Bonchev–Trinajstić information content (AvgIpc) is 3.28. The molecule has 0 aromatic carbocycles. The van der Waals surface area contributed by atoms with Gasteiger partial charge in [-0.3, -0.25) is 15.0 Å². The summed E-state index contributed by atoms with van der Waals surface area (Å²) < 4.78 is 5.07. The number of amides is 1. The fourth-order valence-corrected chi connectivity index (χ4v) is 7.43. The number of aromatic nitrogens is 3. The first-order chi connectivity index (χ1) is 17.3. The Kier molecular flexibility index (Phi) is 6.96. The van der Waals surface area contributed by atoms with Gasteiger partial charge in [-0.05, 0) is 70.4 Å². The number of aryl methyl sites for hydroxylation is 1. The molecule has 1 aromatic rings. The summed E-state index contributed by atoms with van der Waals surface area (Å²) in [6, 6.07) is 2.58. The molecule has 0 bridgehead atoms. The number of nitrogens with zero attached hydrogens (tertiary/aromatic N) is 1. The van der Waals surface area contributed by atoms with E-state index in [4.69, 9.17) is 4.74 Å². The lowest BCUT2D eigenvalue weighted by Crippen LogP contribution is -2.42. The maximum Gasteiger partial charge on any atom is 0.333 e. The number of H-pyrrole nitrogens is 3. The van der Waals surface area contributed by atoms with Crippen molar-refractivity contribution in [2.45, 2.75) is 71.9 Å². The molecule has 1 saturated heterocycles. The first-order valence-electron chi connectivity index (χ1n) is 13.0. The molecule has 3 aliphatic heterocycles. The van der Waals surface area contributed by atoms with E-state index in [9.17, 15) is 9.59 Å². The van der Waals surface area contributed by atoms with Gasteiger partial charge in [-0.25, -0.2) is 10.0 Å². The van der Waals surface area contributed by atoms with Gasteiger partial charge in [-0.2, -0.15) is 0 Å². The van der Waals surface area contributed by atoms with E-state index in [0.717, 1.165) is 50.0 Å². The second-order valence-corrected chi connectivity index (χ2v) is 11.9. The maximum absolute atomic E-state index is 13.5. The van der Waals surface area contributed by atoms with E-state index in [0.29, 0.717) is 12.0 Å². The van der Waals surface area contributed by atoms with Gasteiger partial charge in [-0.15, -0.1) is 0 Å². The van der Waals surface area contributed by atoms with Crippen LogP contribution < -0.4 is 5.32 Å². The zero-order chi connectivity index (χ0) is 25.4. The number of allylic oxidation sites excluding steroid dienone is 2. The Morgan fingerprint density at radius 1 is 1.22 bits per heavy atom. The van der Waals surface area contributed by atoms with E-state index >= 15 is 0 Å². The summed E-state index contributed by atoms with van der Waals surface area (Å²) in [4.78, 5) is 29.4. The van der Waals surface area contributed by atoms with Gasteiger partial charge >= 0.3 is 5.97 Å². The van der Waals surface area contributed by atoms with Crippen molar-refractivity contribution in [1.82, 2.24) is 25.6 Å². The third-order valence-electron chi connectivity index (χ3n) is 8.27. The number of ether oxygens (including phenoxy) is 1. The van der Waals surface area contributed by atoms with E-state index in [2.05, 4.69) is 60.6 Å². The molecule has 1 saturated carbocycles. The predicted octanol–water partition coefficient (Wildman–Crippen LogP) is 4.68. The minimum absolute atomic E-state index is 0.108. The Morgan fingerprint density at radius 2 is 2.00 bits per heavy atom. The van der Waals surface area contributed by atoms with E-state index in [1.807, 2.05) is 22.9 Å². The zero-order valence-corrected chi connectivity index (χ0v) is 22.4. The molecule has 5 rings (SSSR count). The van der Waals surface area contributed by atoms with Crippen LogP contribution in [0.4, 0.5) is 0 Å². The van der Waals surface area contributed by atoms with Crippen LogP contribution >= 0.6 is 11.8 Å². The number of rotatable bonds is 5. The van der Waals surface area contributed by atoms with Crippen LogP contribution in [0.1, 0.15) is 64.1 Å². The molecule has 0 radical (unpaired) electrons. The molecule has 4 aliphatic rings. The van der Waals surface area contributed by atoms with Crippen LogP contribution in [0.2, 0.25) is 0 Å². The van der Waals surface area contributed by atoms with Crippen molar-refractivity contribution in [3.63, 3.8) is 0 Å². The molecule has 1 amide bonds. The van der Waals surface area contributed by atoms with Crippen LogP contribution in [0.5, 0.6) is 0 Å². The summed E-state index contributed by atoms with van der Waals surface area (Å²) in [6.07, 6.45) is 10.4. The fraction of sp³-hybridized carbons (Fsp3) is 0.556. The van der Waals surface area contributed by atoms with Crippen molar-refractivity contribution in [2.24, 2.45) is 11.3 Å². The van der Waals surface area contributed by atoms with Crippen molar-refractivity contribution in [2.75, 3.05) is 13.2 Å². The Hall–Kier alpha value is -2.65. The Bertz CT molecular complexity index is 1180. The molecule has 4 N–H and O–H groups in total. The average molecular weight is 512 g/mol. The van der Waals surface area contributed by atoms with Crippen molar-refractivity contribution in [3.05, 3.63) is 51.8 Å². The summed E-state index contributed by atoms with van der Waals surface area (Å²) >= 11 is 1.84. The molecular weight excluding hydrogens is 474 g/mol. The van der Waals surface area contributed by atoms with Gasteiger partial charge < -0.3 is 15.0 Å². The number of carbonyl (C=O) groups excluding carboxylic acids is 2. The molecule has 2 atom stereocenters. The molecule has 1 aromatic heterocycles. The van der Waals surface area contributed by atoms with Crippen LogP contribution in [0.3, 0.4) is 0 Å². The van der Waals surface area contributed by atoms with Crippen molar-refractivity contribution in [1.29, 1.82) is 0 Å². The number of carbonyl (C=O) groups is 2. The molecule has 1 aliphatic carbocycles. The number of likely N-dealkylation sites (tertiary alicyclic amines) is 1. The molecule has 4 heterocycles. The van der Waals surface area contributed by atoms with Gasteiger partial charge in [-0.1, -0.05) is 30.3 Å². The highest BCUT2D eigenvalue weighted by Gasteiger charge is 2.52. The lowest BCUT2D eigenvalue weighted by Gasteiger charge is -2.36. The molecule has 2 fully saturated rings. The Morgan fingerprint density at radius 3 is 2.72 bits per heavy atom. The monoisotopic (exact) mass is 511 g/mol. The molecule has 2 unspecified atom stereocenters. The highest BCUT2D eigenvalue weighted by molar-refractivity contribution is 8.11. The first kappa shape index (κ1) is 25.0. The van der Waals surface area contributed by atoms with E-state index in [1.54, 1.807) is 0 Å². The number of hydrogen-bond donors (Lipinski definition) is 4. The molecule has 9 heteroatoms. The van der Waals surface area contributed by atoms with E-state index in [-0.39, 0.29) is 29.9 Å². The van der Waals surface area contributed by atoms with Gasteiger partial charge in [0, 0.05) is 40.7 Å². The van der Waals surface area contributed by atoms with Gasteiger partial charge in [0.05, 0.1) is 16.8 Å². The minimum Gasteiger partial charge on any atom is -0.456 e. The highest BCUT2D eigenvalue weighted by Crippen LogP contribution is 2.49. The standard InChI is InChI=1S/C27H37N5O3S/c1-16-7-10-29-31-30-24(16)25-19(4)17(2)11-22(36-25)14-28-20-5-8-27(9-6-20)13-18(3)32(26(27)34)21-12-23(33)35-15-21/h7,10-12,17-18,20,28-31H,5-6,8-9,13-15H2,1-4H3. The molecular formula is C27H37N5O3S. The van der Waals surface area contributed by atoms with Crippen LogP contribution in [0.15, 0.2) is 40.6 Å². The quantitative estimate of drug-likeness (QED) is 0.430. The van der Waals surface area contributed by atoms with Crippen molar-refractivity contribution >= 4 is 28.5 Å². The van der Waals surface area contributed by atoms with Gasteiger partial charge in [0.1, 0.15) is 6.61 Å². The molecule has 194 valence electrons. The third kappa shape index (κ3) is 4.70. The maximum atomic E-state index is 13.5. The largest absolute Gasteiger partial charge is 0.456 e. The van der Waals surface area contributed by atoms with Crippen LogP contribution in [-0.2, 0) is 14.3 Å². The second-order valence-electron chi connectivity index (χ2n) is 10.7. The fourth-order valence-electron chi connectivity index (χ4n) is 6.08. The number of hydrogen-bond acceptors (Lipinski definition) is 5. The smallest absolute Gasteiger partial charge is 0.333 e. The summed E-state index contributed by atoms with van der Waals surface area (Å²) in [7, 11) is 0. The highest BCUT2D eigenvalue weighted by atomic mass is 32.2. The predicted molar refractivity (Wildman–Crippen MR) is 142 cm³/mol. The number of aromatic amines is 3.